The van der Waals surface area contributed by atoms with Gasteiger partial charge in [-0.3, -0.25) is 9.55 Å². The predicted molar refractivity (Wildman–Crippen MR) is 259 cm³/mol. The second-order valence-corrected chi connectivity index (χ2v) is 20.2. The summed E-state index contributed by atoms with van der Waals surface area (Å²) in [6.45, 7) is 24.2. The Kier molecular flexibility index (Phi) is 11.4. The fourth-order valence-electron chi connectivity index (χ4n) is 9.37. The van der Waals surface area contributed by atoms with Gasteiger partial charge < -0.3 is 5.11 Å². The molecule has 4 nitrogen and oxygen atoms in total. The number of hydrogen-bond acceptors (Lipinski definition) is 3. The van der Waals surface area contributed by atoms with Gasteiger partial charge in [0.05, 0.1) is 27.7 Å². The number of benzene rings is 6. The highest BCUT2D eigenvalue weighted by Gasteiger charge is 2.31. The van der Waals surface area contributed by atoms with Crippen LogP contribution in [0.15, 0.2) is 128 Å². The fourth-order valence-corrected chi connectivity index (χ4v) is 9.37. The summed E-state index contributed by atoms with van der Waals surface area (Å²) in [5.74, 6) is 1.83. The minimum absolute atomic E-state index is 0.0881. The molecule has 0 fully saturated rings. The topological polar surface area (TPSA) is 50.9 Å². The van der Waals surface area contributed by atoms with Crippen LogP contribution in [0.2, 0.25) is 0 Å². The Morgan fingerprint density at radius 1 is 0.562 bits per heavy atom. The van der Waals surface area contributed by atoms with E-state index in [9.17, 15) is 18.3 Å². The van der Waals surface area contributed by atoms with Crippen molar-refractivity contribution in [2.75, 3.05) is 0 Å². The monoisotopic (exact) mass is 857 g/mol. The van der Waals surface area contributed by atoms with Crippen molar-refractivity contribution in [2.45, 2.75) is 99.1 Å². The number of imidazole rings is 1. The van der Waals surface area contributed by atoms with E-state index in [2.05, 4.69) is 147 Å². The van der Waals surface area contributed by atoms with Gasteiger partial charge in [0, 0.05) is 28.4 Å². The van der Waals surface area contributed by atoms with E-state index >= 15 is 0 Å². The van der Waals surface area contributed by atoms with Crippen LogP contribution in [0.3, 0.4) is 0 Å². The lowest BCUT2D eigenvalue weighted by molar-refractivity contribution is -0.137. The molecule has 0 atom stereocenters. The number of hydrogen-bond donors (Lipinski definition) is 1. The SMILES string of the molecule is Cc1ccnc2c(-c3cccc(-c4cc(-c5ccc(C(F)(F)F)cc5)cc5c4nc(-c4cc(C(C)(C)C)ccc4O)n5-c4ccc(C(C)(C)C)cc4)c3)cc(C(C(C)C)C(C)C)cc12. The minimum atomic E-state index is -4.47. The van der Waals surface area contributed by atoms with Crippen molar-refractivity contribution in [1.82, 2.24) is 14.5 Å². The highest BCUT2D eigenvalue weighted by atomic mass is 19.4. The number of fused-ring (bicyclic) bond motifs is 2. The lowest BCUT2D eigenvalue weighted by Crippen LogP contribution is -2.13. The molecule has 64 heavy (non-hydrogen) atoms. The lowest BCUT2D eigenvalue weighted by Gasteiger charge is -2.27. The number of aromatic hydroxyl groups is 1. The Hall–Kier alpha value is -6.21. The maximum atomic E-state index is 13.9. The molecule has 0 saturated carbocycles. The van der Waals surface area contributed by atoms with Crippen molar-refractivity contribution in [3.63, 3.8) is 0 Å². The zero-order valence-electron chi connectivity index (χ0n) is 38.8. The Bertz CT molecular complexity index is 3010. The normalized spacial score (nSPS) is 12.7. The van der Waals surface area contributed by atoms with Crippen LogP contribution < -0.4 is 0 Å². The standard InChI is InChI=1S/C57H58F3N3O/c1-33(2)51(34(3)4)40-29-45-35(5)25-26-61-52(45)46(30-40)37-13-12-14-38(27-37)47-28-39(36-15-17-42(18-16-36)57(58,59)60)31-49-53(47)62-54(48-32-43(56(9,10)11)21-24-50(48)64)63(49)44-22-19-41(20-23-44)55(6,7)8/h12-34,51,64H,1-11H3. The molecule has 0 amide bonds. The van der Waals surface area contributed by atoms with Crippen molar-refractivity contribution in [3.8, 4) is 56.2 Å². The summed E-state index contributed by atoms with van der Waals surface area (Å²) in [4.78, 5) is 10.4. The molecule has 0 radical (unpaired) electrons. The number of alkyl halides is 3. The molecule has 8 rings (SSSR count). The van der Waals surface area contributed by atoms with Gasteiger partial charge in [0.1, 0.15) is 11.6 Å². The van der Waals surface area contributed by atoms with Crippen LogP contribution in [0, 0.1) is 18.8 Å². The number of nitrogens with zero attached hydrogens (tertiary/aromatic N) is 3. The van der Waals surface area contributed by atoms with E-state index in [0.29, 0.717) is 40.2 Å². The van der Waals surface area contributed by atoms with Crippen LogP contribution in [-0.4, -0.2) is 19.6 Å². The second-order valence-electron chi connectivity index (χ2n) is 20.2. The highest BCUT2D eigenvalue weighted by Crippen LogP contribution is 2.44. The van der Waals surface area contributed by atoms with E-state index < -0.39 is 11.7 Å². The van der Waals surface area contributed by atoms with Crippen LogP contribution in [-0.2, 0) is 17.0 Å². The maximum Gasteiger partial charge on any atom is 0.416 e. The number of phenolic OH excluding ortho intramolecular Hbond substituents is 1. The molecule has 8 aromatic rings. The van der Waals surface area contributed by atoms with Gasteiger partial charge in [0.2, 0.25) is 0 Å². The number of rotatable bonds is 8. The molecule has 0 aliphatic carbocycles. The summed E-state index contributed by atoms with van der Waals surface area (Å²) < 4.78 is 43.7. The van der Waals surface area contributed by atoms with Crippen molar-refractivity contribution in [3.05, 3.63) is 155 Å². The van der Waals surface area contributed by atoms with Gasteiger partial charge in [0.25, 0.3) is 0 Å². The van der Waals surface area contributed by atoms with Gasteiger partial charge in [-0.2, -0.15) is 13.2 Å². The molecule has 0 unspecified atom stereocenters. The van der Waals surface area contributed by atoms with Crippen LogP contribution in [0.5, 0.6) is 5.75 Å². The Morgan fingerprint density at radius 3 is 1.75 bits per heavy atom. The molecular weight excluding hydrogens is 800 g/mol. The molecule has 2 heterocycles. The number of phenols is 1. The van der Waals surface area contributed by atoms with Crippen molar-refractivity contribution in [1.29, 1.82) is 0 Å². The average molecular weight is 858 g/mol. The Labute approximate surface area is 375 Å². The van der Waals surface area contributed by atoms with Crippen LogP contribution in [0.1, 0.15) is 103 Å². The minimum Gasteiger partial charge on any atom is -0.507 e. The van der Waals surface area contributed by atoms with Gasteiger partial charge in [0.15, 0.2) is 0 Å². The summed E-state index contributed by atoms with van der Waals surface area (Å²) >= 11 is 0. The Morgan fingerprint density at radius 2 is 1.16 bits per heavy atom. The Balaban J connectivity index is 1.45. The van der Waals surface area contributed by atoms with Gasteiger partial charge in [-0.1, -0.05) is 118 Å². The molecule has 2 aromatic heterocycles. The molecule has 0 saturated heterocycles. The maximum absolute atomic E-state index is 13.9. The zero-order chi connectivity index (χ0) is 46.0. The smallest absolute Gasteiger partial charge is 0.416 e. The molecular formula is C57H58F3N3O. The molecule has 328 valence electrons. The number of pyridine rings is 1. The quantitative estimate of drug-likeness (QED) is 0.166. The van der Waals surface area contributed by atoms with E-state index in [4.69, 9.17) is 9.97 Å². The van der Waals surface area contributed by atoms with E-state index in [1.807, 2.05) is 30.5 Å². The number of aromatic nitrogens is 3. The van der Waals surface area contributed by atoms with Crippen molar-refractivity contribution in [2.24, 2.45) is 11.8 Å². The largest absolute Gasteiger partial charge is 0.507 e. The molecule has 0 aliphatic rings. The third-order valence-electron chi connectivity index (χ3n) is 12.8. The molecule has 1 N–H and O–H groups in total. The average Bonchev–Trinajstić information content (AvgIpc) is 3.61. The first-order chi connectivity index (χ1) is 30.1. The first kappa shape index (κ1) is 44.4. The summed E-state index contributed by atoms with van der Waals surface area (Å²) in [5, 5.41) is 12.8. The van der Waals surface area contributed by atoms with Crippen molar-refractivity contribution >= 4 is 21.9 Å². The zero-order valence-corrected chi connectivity index (χ0v) is 38.8. The second kappa shape index (κ2) is 16.4. The highest BCUT2D eigenvalue weighted by molar-refractivity contribution is 6.01. The van der Waals surface area contributed by atoms with E-state index in [1.165, 1.54) is 17.7 Å². The number of halogens is 3. The molecule has 7 heteroatoms. The van der Waals surface area contributed by atoms with Gasteiger partial charge in [-0.25, -0.2) is 4.98 Å². The van der Waals surface area contributed by atoms with Crippen molar-refractivity contribution < 1.29 is 18.3 Å². The van der Waals surface area contributed by atoms with Crippen LogP contribution >= 0.6 is 0 Å². The molecule has 6 aromatic carbocycles. The predicted octanol–water partition coefficient (Wildman–Crippen LogP) is 16.3. The molecule has 0 spiro atoms. The van der Waals surface area contributed by atoms with E-state index in [-0.39, 0.29) is 16.6 Å². The van der Waals surface area contributed by atoms with Gasteiger partial charge in [-0.05, 0) is 153 Å². The van der Waals surface area contributed by atoms with Gasteiger partial charge in [-0.15, -0.1) is 0 Å². The van der Waals surface area contributed by atoms with Gasteiger partial charge >= 0.3 is 6.18 Å². The number of aryl methyl sites for hydroxylation is 1. The summed E-state index contributed by atoms with van der Waals surface area (Å²) in [5.41, 5.74) is 12.5. The first-order valence-corrected chi connectivity index (χ1v) is 22.3. The summed E-state index contributed by atoms with van der Waals surface area (Å²) in [7, 11) is 0. The van der Waals surface area contributed by atoms with E-state index in [1.54, 1.807) is 6.07 Å². The van der Waals surface area contributed by atoms with Crippen LogP contribution in [0.25, 0.3) is 72.4 Å². The summed E-state index contributed by atoms with van der Waals surface area (Å²) in [6.07, 6.45) is -2.60. The summed E-state index contributed by atoms with van der Waals surface area (Å²) in [6, 6.07) is 38.6. The van der Waals surface area contributed by atoms with Crippen LogP contribution in [0.4, 0.5) is 13.2 Å². The fraction of sp³-hybridized carbons (Fsp3) is 0.298. The first-order valence-electron chi connectivity index (χ1n) is 22.3. The lowest BCUT2D eigenvalue weighted by atomic mass is 9.78. The third kappa shape index (κ3) is 8.45. The third-order valence-corrected chi connectivity index (χ3v) is 12.8. The molecule has 0 aliphatic heterocycles. The van der Waals surface area contributed by atoms with E-state index in [0.717, 1.165) is 78.7 Å². The molecule has 0 bridgehead atoms.